The van der Waals surface area contributed by atoms with Gasteiger partial charge in [0.15, 0.2) is 5.11 Å². The van der Waals surface area contributed by atoms with Gasteiger partial charge in [-0.1, -0.05) is 18.2 Å². The van der Waals surface area contributed by atoms with Crippen molar-refractivity contribution < 1.29 is 0 Å². The maximum absolute atomic E-state index is 12.7. The van der Waals surface area contributed by atoms with Crippen LogP contribution < -0.4 is 16.2 Å². The summed E-state index contributed by atoms with van der Waals surface area (Å²) in [7, 11) is 5.85. The second-order valence-corrected chi connectivity index (χ2v) is 6.03. The Morgan fingerprint density at radius 2 is 1.91 bits per heavy atom. The minimum Gasteiger partial charge on any atom is -0.361 e. The van der Waals surface area contributed by atoms with E-state index >= 15 is 0 Å². The van der Waals surface area contributed by atoms with Gasteiger partial charge in [-0.2, -0.15) is 0 Å². The highest BCUT2D eigenvalue weighted by Crippen LogP contribution is 2.13. The molecule has 0 amide bonds. The normalized spacial score (nSPS) is 10.8. The number of benzene rings is 1. The van der Waals surface area contributed by atoms with Gasteiger partial charge >= 0.3 is 0 Å². The Morgan fingerprint density at radius 3 is 2.52 bits per heavy atom. The van der Waals surface area contributed by atoms with E-state index in [1.807, 2.05) is 63.1 Å². The summed E-state index contributed by atoms with van der Waals surface area (Å²) in [6.45, 7) is 3.48. The Morgan fingerprint density at radius 1 is 1.26 bits per heavy atom. The predicted molar refractivity (Wildman–Crippen MR) is 98.5 cm³/mol. The fourth-order valence-corrected chi connectivity index (χ4v) is 2.47. The Balaban J connectivity index is 2.21. The van der Waals surface area contributed by atoms with Gasteiger partial charge in [-0.05, 0) is 45.4 Å². The first-order valence-electron chi connectivity index (χ1n) is 7.45. The summed E-state index contributed by atoms with van der Waals surface area (Å²) >= 11 is 5.28. The first kappa shape index (κ1) is 17.2. The van der Waals surface area contributed by atoms with Gasteiger partial charge in [-0.25, -0.2) is 4.68 Å². The monoisotopic (exact) mass is 333 g/mol. The fraction of sp³-hybridized carbons (Fsp3) is 0.375. The number of para-hydroxylation sites is 1. The summed E-state index contributed by atoms with van der Waals surface area (Å²) in [5.41, 5.74) is 2.03. The average molecular weight is 333 g/mol. The molecule has 2 aromatic rings. The van der Waals surface area contributed by atoms with Crippen LogP contribution in [0.15, 0.2) is 35.1 Å². The molecule has 0 aliphatic heterocycles. The summed E-state index contributed by atoms with van der Waals surface area (Å²) in [5, 5.41) is 6.59. The molecule has 7 heteroatoms. The van der Waals surface area contributed by atoms with Crippen LogP contribution in [0.2, 0.25) is 0 Å². The summed E-state index contributed by atoms with van der Waals surface area (Å²) in [6.07, 6.45) is 0. The van der Waals surface area contributed by atoms with Crippen LogP contribution in [0.5, 0.6) is 0 Å². The molecule has 0 atom stereocenters. The molecule has 0 aliphatic rings. The third-order valence-electron chi connectivity index (χ3n) is 3.64. The van der Waals surface area contributed by atoms with Gasteiger partial charge in [0.2, 0.25) is 0 Å². The lowest BCUT2D eigenvalue weighted by Crippen LogP contribution is -2.35. The quantitative estimate of drug-likeness (QED) is 0.809. The lowest BCUT2D eigenvalue weighted by molar-refractivity contribution is 0.413. The van der Waals surface area contributed by atoms with E-state index < -0.39 is 0 Å². The zero-order valence-corrected chi connectivity index (χ0v) is 14.8. The molecule has 0 saturated carbocycles. The van der Waals surface area contributed by atoms with E-state index in [1.54, 1.807) is 4.68 Å². The van der Waals surface area contributed by atoms with E-state index in [0.717, 1.165) is 24.5 Å². The Labute approximate surface area is 141 Å². The van der Waals surface area contributed by atoms with Crippen molar-refractivity contribution in [2.45, 2.75) is 6.92 Å². The van der Waals surface area contributed by atoms with E-state index in [2.05, 4.69) is 15.5 Å². The second-order valence-electron chi connectivity index (χ2n) is 5.62. The number of hydrogen-bond donors (Lipinski definition) is 2. The van der Waals surface area contributed by atoms with Crippen LogP contribution in [-0.2, 0) is 7.05 Å². The third-order valence-corrected chi connectivity index (χ3v) is 3.88. The van der Waals surface area contributed by atoms with Gasteiger partial charge in [-0.3, -0.25) is 9.48 Å². The van der Waals surface area contributed by atoms with Crippen LogP contribution in [-0.4, -0.2) is 46.6 Å². The molecule has 0 radical (unpaired) electrons. The summed E-state index contributed by atoms with van der Waals surface area (Å²) in [6, 6.07) is 9.54. The fourth-order valence-electron chi connectivity index (χ4n) is 2.26. The molecule has 6 nitrogen and oxygen atoms in total. The average Bonchev–Trinajstić information content (AvgIpc) is 2.71. The van der Waals surface area contributed by atoms with Crippen molar-refractivity contribution in [2.24, 2.45) is 7.05 Å². The molecule has 0 unspecified atom stereocenters. The molecular formula is C16H23N5OS. The molecule has 1 heterocycles. The summed E-state index contributed by atoms with van der Waals surface area (Å²) < 4.78 is 3.45. The lowest BCUT2D eigenvalue weighted by atomic mass is 10.3. The molecule has 2 rings (SSSR count). The zero-order chi connectivity index (χ0) is 17.0. The van der Waals surface area contributed by atoms with Crippen molar-refractivity contribution in [1.29, 1.82) is 0 Å². The maximum atomic E-state index is 12.7. The molecule has 0 bridgehead atoms. The van der Waals surface area contributed by atoms with Crippen molar-refractivity contribution >= 4 is 23.0 Å². The van der Waals surface area contributed by atoms with Gasteiger partial charge in [0.05, 0.1) is 11.4 Å². The lowest BCUT2D eigenvalue weighted by Gasteiger charge is -2.12. The molecule has 0 spiro atoms. The minimum atomic E-state index is -0.118. The highest BCUT2D eigenvalue weighted by Gasteiger charge is 2.16. The van der Waals surface area contributed by atoms with Crippen molar-refractivity contribution in [3.8, 4) is 5.69 Å². The third kappa shape index (κ3) is 4.00. The van der Waals surface area contributed by atoms with Gasteiger partial charge in [0.1, 0.15) is 5.69 Å². The molecule has 1 aromatic heterocycles. The first-order valence-corrected chi connectivity index (χ1v) is 7.86. The molecule has 0 fully saturated rings. The summed E-state index contributed by atoms with van der Waals surface area (Å²) in [4.78, 5) is 14.8. The summed E-state index contributed by atoms with van der Waals surface area (Å²) in [5.74, 6) is 0. The van der Waals surface area contributed by atoms with Gasteiger partial charge in [0.25, 0.3) is 5.56 Å². The van der Waals surface area contributed by atoms with Gasteiger partial charge in [0, 0.05) is 20.1 Å². The number of anilines is 1. The number of rotatable bonds is 5. The number of hydrogen-bond acceptors (Lipinski definition) is 3. The van der Waals surface area contributed by atoms with Crippen molar-refractivity contribution in [3.63, 3.8) is 0 Å². The van der Waals surface area contributed by atoms with Crippen molar-refractivity contribution in [3.05, 3.63) is 46.4 Å². The van der Waals surface area contributed by atoms with E-state index in [0.29, 0.717) is 10.8 Å². The van der Waals surface area contributed by atoms with Gasteiger partial charge < -0.3 is 15.5 Å². The number of thiocarbonyl (C=S) groups is 1. The smallest absolute Gasteiger partial charge is 0.295 e. The molecule has 0 saturated heterocycles. The van der Waals surface area contributed by atoms with Crippen LogP contribution in [0.4, 0.5) is 5.69 Å². The van der Waals surface area contributed by atoms with E-state index in [1.165, 1.54) is 0 Å². The SMILES string of the molecule is Cc1c(NC(=S)NCCN(C)C)c(=O)n(-c2ccccc2)n1C. The highest BCUT2D eigenvalue weighted by atomic mass is 32.1. The largest absolute Gasteiger partial charge is 0.361 e. The highest BCUT2D eigenvalue weighted by molar-refractivity contribution is 7.80. The molecule has 23 heavy (non-hydrogen) atoms. The standard InChI is InChI=1S/C16H23N5OS/c1-12-14(18-16(23)17-10-11-19(2)3)15(22)21(20(12)4)13-8-6-5-7-9-13/h5-9H,10-11H2,1-4H3,(H2,17,18,23). The number of nitrogens with zero attached hydrogens (tertiary/aromatic N) is 3. The van der Waals surface area contributed by atoms with Crippen LogP contribution in [0.3, 0.4) is 0 Å². The number of likely N-dealkylation sites (N-methyl/N-ethyl adjacent to an activating group) is 1. The van der Waals surface area contributed by atoms with Crippen LogP contribution in [0.1, 0.15) is 5.69 Å². The minimum absolute atomic E-state index is 0.118. The van der Waals surface area contributed by atoms with E-state index in [9.17, 15) is 4.79 Å². The van der Waals surface area contributed by atoms with Crippen LogP contribution in [0.25, 0.3) is 5.69 Å². The molecule has 124 valence electrons. The van der Waals surface area contributed by atoms with E-state index in [-0.39, 0.29) is 5.56 Å². The molecule has 2 N–H and O–H groups in total. The maximum Gasteiger partial charge on any atom is 0.295 e. The zero-order valence-electron chi connectivity index (χ0n) is 14.0. The predicted octanol–water partition coefficient (Wildman–Crippen LogP) is 1.33. The Bertz CT molecular complexity index is 733. The topological polar surface area (TPSA) is 54.2 Å². The molecule has 0 aliphatic carbocycles. The first-order chi connectivity index (χ1) is 10.9. The number of nitrogens with one attached hydrogen (secondary N) is 2. The van der Waals surface area contributed by atoms with E-state index in [4.69, 9.17) is 12.2 Å². The Hall–Kier alpha value is -2.12. The molecule has 1 aromatic carbocycles. The molecular weight excluding hydrogens is 310 g/mol. The second kappa shape index (κ2) is 7.43. The van der Waals surface area contributed by atoms with Gasteiger partial charge in [-0.15, -0.1) is 0 Å². The Kier molecular flexibility index (Phi) is 5.57. The van der Waals surface area contributed by atoms with Crippen molar-refractivity contribution in [1.82, 2.24) is 19.6 Å². The van der Waals surface area contributed by atoms with Crippen LogP contribution >= 0.6 is 12.2 Å². The number of aromatic nitrogens is 2. The van der Waals surface area contributed by atoms with Crippen molar-refractivity contribution in [2.75, 3.05) is 32.5 Å². The van der Waals surface area contributed by atoms with Crippen LogP contribution in [0, 0.1) is 6.92 Å².